The predicted molar refractivity (Wildman–Crippen MR) is 78.0 cm³/mol. The quantitative estimate of drug-likeness (QED) is 0.795. The lowest BCUT2D eigenvalue weighted by Crippen LogP contribution is -2.51. The van der Waals surface area contributed by atoms with E-state index in [0.29, 0.717) is 13.1 Å². The number of hydrogen-bond acceptors (Lipinski definition) is 4. The number of carbonyl (C=O) groups is 1. The molecule has 5 nitrogen and oxygen atoms in total. The van der Waals surface area contributed by atoms with Crippen LogP contribution < -0.4 is 5.73 Å². The van der Waals surface area contributed by atoms with Gasteiger partial charge in [0.15, 0.2) is 0 Å². The topological polar surface area (TPSA) is 58.8 Å². The first-order valence-electron chi connectivity index (χ1n) is 6.15. The Bertz CT molecular complexity index is 297. The number of halogens is 5. The maximum absolute atomic E-state index is 12.2. The van der Waals surface area contributed by atoms with Crippen LogP contribution in [0.15, 0.2) is 0 Å². The monoisotopic (exact) mass is 355 g/mol. The zero-order valence-electron chi connectivity index (χ0n) is 11.8. The van der Waals surface area contributed by atoms with E-state index in [2.05, 4.69) is 0 Å². The third-order valence-corrected chi connectivity index (χ3v) is 3.13. The Morgan fingerprint density at radius 2 is 1.76 bits per heavy atom. The van der Waals surface area contributed by atoms with Crippen LogP contribution in [0.5, 0.6) is 0 Å². The molecule has 0 radical (unpaired) electrons. The minimum absolute atomic E-state index is 0. The van der Waals surface area contributed by atoms with E-state index in [4.69, 9.17) is 10.5 Å². The molecule has 10 heteroatoms. The molecule has 0 spiro atoms. The van der Waals surface area contributed by atoms with Crippen LogP contribution in [-0.2, 0) is 9.53 Å². The van der Waals surface area contributed by atoms with Gasteiger partial charge in [0.2, 0.25) is 5.91 Å². The molecule has 21 heavy (non-hydrogen) atoms. The number of nitrogens with zero attached hydrogens (tertiary/aromatic N) is 2. The number of ether oxygens (including phenoxy) is 1. The first-order chi connectivity index (χ1) is 8.85. The molecule has 1 unspecified atom stereocenters. The summed E-state index contributed by atoms with van der Waals surface area (Å²) >= 11 is 0. The Morgan fingerprint density at radius 3 is 2.14 bits per heavy atom. The fourth-order valence-corrected chi connectivity index (χ4v) is 2.00. The first-order valence-corrected chi connectivity index (χ1v) is 6.15. The fraction of sp³-hybridized carbons (Fsp3) is 0.909. The Balaban J connectivity index is 0. The largest absolute Gasteiger partial charge is 0.401 e. The zero-order chi connectivity index (χ0) is 14.5. The van der Waals surface area contributed by atoms with Gasteiger partial charge in [0.25, 0.3) is 0 Å². The lowest BCUT2D eigenvalue weighted by atomic mass is 10.2. The summed E-state index contributed by atoms with van der Waals surface area (Å²) in [6, 6.07) is 0. The van der Waals surface area contributed by atoms with Gasteiger partial charge in [-0.3, -0.25) is 9.69 Å². The smallest absolute Gasteiger partial charge is 0.380 e. The number of piperazine rings is 1. The molecular weight excluding hydrogens is 334 g/mol. The molecule has 1 rings (SSSR count). The van der Waals surface area contributed by atoms with Crippen LogP contribution in [0.3, 0.4) is 0 Å². The highest BCUT2D eigenvalue weighted by atomic mass is 35.5. The van der Waals surface area contributed by atoms with Crippen LogP contribution in [0.2, 0.25) is 0 Å². The van der Waals surface area contributed by atoms with Crippen molar-refractivity contribution in [2.24, 2.45) is 5.73 Å². The molecule has 0 aromatic carbocycles. The molecule has 128 valence electrons. The van der Waals surface area contributed by atoms with E-state index >= 15 is 0 Å². The molecule has 0 aromatic heterocycles. The average Bonchev–Trinajstić information content (AvgIpc) is 2.34. The van der Waals surface area contributed by atoms with Crippen LogP contribution in [0.4, 0.5) is 13.2 Å². The summed E-state index contributed by atoms with van der Waals surface area (Å²) in [4.78, 5) is 14.7. The molecule has 0 aliphatic carbocycles. The van der Waals surface area contributed by atoms with E-state index in [-0.39, 0.29) is 62.9 Å². The van der Waals surface area contributed by atoms with Gasteiger partial charge in [-0.2, -0.15) is 13.2 Å². The second-order valence-electron chi connectivity index (χ2n) is 4.57. The van der Waals surface area contributed by atoms with E-state index in [1.807, 2.05) is 0 Å². The number of methoxy groups -OCH3 is 1. The van der Waals surface area contributed by atoms with Gasteiger partial charge in [-0.05, 0) is 0 Å². The molecule has 1 saturated heterocycles. The zero-order valence-corrected chi connectivity index (χ0v) is 13.4. The SMILES string of the molecule is COC(CN)CC(=O)N1CCN(CC(F)(F)F)CC1.Cl.Cl. The van der Waals surface area contributed by atoms with Crippen LogP contribution >= 0.6 is 24.8 Å². The molecule has 0 bridgehead atoms. The molecule has 1 amide bonds. The molecule has 1 atom stereocenters. The molecule has 1 heterocycles. The summed E-state index contributed by atoms with van der Waals surface area (Å²) in [5, 5.41) is 0. The molecule has 0 saturated carbocycles. The van der Waals surface area contributed by atoms with E-state index < -0.39 is 12.7 Å². The van der Waals surface area contributed by atoms with Gasteiger partial charge in [0, 0.05) is 39.8 Å². The molecule has 0 aromatic rings. The summed E-state index contributed by atoms with van der Waals surface area (Å²) in [6.45, 7) is 0.442. The lowest BCUT2D eigenvalue weighted by molar-refractivity contribution is -0.152. The van der Waals surface area contributed by atoms with E-state index in [0.717, 1.165) is 0 Å². The number of nitrogens with two attached hydrogens (primary N) is 1. The average molecular weight is 356 g/mol. The minimum Gasteiger partial charge on any atom is -0.380 e. The second kappa shape index (κ2) is 10.4. The van der Waals surface area contributed by atoms with Gasteiger partial charge in [0.1, 0.15) is 0 Å². The maximum Gasteiger partial charge on any atom is 0.401 e. The Labute approximate surface area is 134 Å². The van der Waals surface area contributed by atoms with Crippen molar-refractivity contribution in [3.63, 3.8) is 0 Å². The van der Waals surface area contributed by atoms with Crippen LogP contribution in [-0.4, -0.2) is 74.4 Å². The van der Waals surface area contributed by atoms with Crippen molar-refractivity contribution < 1.29 is 22.7 Å². The summed E-state index contributed by atoms with van der Waals surface area (Å²) in [7, 11) is 1.48. The van der Waals surface area contributed by atoms with Gasteiger partial charge in [-0.1, -0.05) is 0 Å². The van der Waals surface area contributed by atoms with Crippen LogP contribution in [0.1, 0.15) is 6.42 Å². The number of rotatable bonds is 5. The van der Waals surface area contributed by atoms with Crippen molar-refractivity contribution in [1.29, 1.82) is 0 Å². The van der Waals surface area contributed by atoms with Crippen molar-refractivity contribution in [1.82, 2.24) is 9.80 Å². The molecular formula is C11H22Cl2F3N3O2. The Morgan fingerprint density at radius 1 is 1.24 bits per heavy atom. The molecule has 1 aliphatic rings. The van der Waals surface area contributed by atoms with Crippen LogP contribution in [0.25, 0.3) is 0 Å². The molecule has 2 N–H and O–H groups in total. The van der Waals surface area contributed by atoms with Gasteiger partial charge in [0.05, 0.1) is 19.1 Å². The fourth-order valence-electron chi connectivity index (χ4n) is 2.00. The van der Waals surface area contributed by atoms with Gasteiger partial charge in [-0.15, -0.1) is 24.8 Å². The minimum atomic E-state index is -4.19. The van der Waals surface area contributed by atoms with Gasteiger partial charge < -0.3 is 15.4 Å². The number of carbonyl (C=O) groups excluding carboxylic acids is 1. The van der Waals surface area contributed by atoms with E-state index in [1.54, 1.807) is 4.90 Å². The van der Waals surface area contributed by atoms with E-state index in [1.165, 1.54) is 12.0 Å². The maximum atomic E-state index is 12.2. The summed E-state index contributed by atoms with van der Waals surface area (Å²) in [6.07, 6.45) is -4.35. The highest BCUT2D eigenvalue weighted by molar-refractivity contribution is 5.85. The van der Waals surface area contributed by atoms with Gasteiger partial charge in [-0.25, -0.2) is 0 Å². The van der Waals surface area contributed by atoms with Crippen molar-refractivity contribution in [3.8, 4) is 0 Å². The standard InChI is InChI=1S/C11H20F3N3O2.2ClH/c1-19-9(7-15)6-10(18)17-4-2-16(3-5-17)8-11(12,13)14;;/h9H,2-8,15H2,1H3;2*1H. The number of hydrogen-bond donors (Lipinski definition) is 1. The molecule has 1 fully saturated rings. The van der Waals surface area contributed by atoms with E-state index in [9.17, 15) is 18.0 Å². The molecule has 1 aliphatic heterocycles. The Kier molecular flexibility index (Phi) is 11.4. The number of alkyl halides is 3. The summed E-state index contributed by atoms with van der Waals surface area (Å²) in [5.41, 5.74) is 5.42. The Hall–Kier alpha value is -0.280. The summed E-state index contributed by atoms with van der Waals surface area (Å²) < 4.78 is 41.6. The normalized spacial score (nSPS) is 17.7. The van der Waals surface area contributed by atoms with Crippen molar-refractivity contribution >= 4 is 30.7 Å². The second-order valence-corrected chi connectivity index (χ2v) is 4.57. The summed E-state index contributed by atoms with van der Waals surface area (Å²) in [5.74, 6) is -0.121. The highest BCUT2D eigenvalue weighted by Crippen LogP contribution is 2.17. The predicted octanol–water partition coefficient (Wildman–Crippen LogP) is 0.900. The van der Waals surface area contributed by atoms with Crippen molar-refractivity contribution in [2.45, 2.75) is 18.7 Å². The highest BCUT2D eigenvalue weighted by Gasteiger charge is 2.33. The lowest BCUT2D eigenvalue weighted by Gasteiger charge is -2.35. The number of amides is 1. The third-order valence-electron chi connectivity index (χ3n) is 3.13. The van der Waals surface area contributed by atoms with Crippen molar-refractivity contribution in [3.05, 3.63) is 0 Å². The third kappa shape index (κ3) is 8.67. The first kappa shape index (κ1) is 23.0. The van der Waals surface area contributed by atoms with Crippen molar-refractivity contribution in [2.75, 3.05) is 46.4 Å². The van der Waals surface area contributed by atoms with Crippen LogP contribution in [0, 0.1) is 0 Å². The van der Waals surface area contributed by atoms with Gasteiger partial charge >= 0.3 is 6.18 Å².